The molecule has 1 amide bonds. The standard InChI is InChI=1S/C20H25N7O/c1-13-7-14(5-6-15(13)10-21)17(22-2)9-18(23-3)24-19-8-16-11-26(4)20(28)12-27(16)25-19/h5-9H,3,10-12,21H2,1-2,4H3,(H,24,25)/b18-9+,22-17+. The second kappa shape index (κ2) is 8.18. The summed E-state index contributed by atoms with van der Waals surface area (Å²) < 4.78 is 1.70. The number of hydrogen-bond acceptors (Lipinski definition) is 6. The molecule has 0 atom stereocenters. The average Bonchev–Trinajstić information content (AvgIpc) is 3.06. The largest absolute Gasteiger partial charge is 0.338 e. The summed E-state index contributed by atoms with van der Waals surface area (Å²) >= 11 is 0. The van der Waals surface area contributed by atoms with E-state index in [1.54, 1.807) is 23.7 Å². The van der Waals surface area contributed by atoms with Gasteiger partial charge in [-0.25, -0.2) is 4.99 Å². The van der Waals surface area contributed by atoms with Crippen molar-refractivity contribution in [3.8, 4) is 0 Å². The van der Waals surface area contributed by atoms with Crippen molar-refractivity contribution in [1.82, 2.24) is 14.7 Å². The fourth-order valence-electron chi connectivity index (χ4n) is 3.10. The minimum absolute atomic E-state index is 0.0384. The maximum Gasteiger partial charge on any atom is 0.244 e. The van der Waals surface area contributed by atoms with E-state index in [9.17, 15) is 4.79 Å². The zero-order valence-electron chi connectivity index (χ0n) is 16.4. The van der Waals surface area contributed by atoms with Crippen LogP contribution in [-0.4, -0.2) is 47.1 Å². The minimum atomic E-state index is 0.0384. The number of rotatable bonds is 6. The highest BCUT2D eigenvalue weighted by Gasteiger charge is 2.21. The van der Waals surface area contributed by atoms with Gasteiger partial charge in [0.1, 0.15) is 12.4 Å². The molecule has 0 aliphatic carbocycles. The number of aromatic nitrogens is 2. The third-order valence-electron chi connectivity index (χ3n) is 4.77. The number of likely N-dealkylation sites (N-methyl/N-ethyl adjacent to an activating group) is 1. The molecule has 0 saturated carbocycles. The van der Waals surface area contributed by atoms with Gasteiger partial charge in [-0.3, -0.25) is 14.5 Å². The number of hydrogen-bond donors (Lipinski definition) is 2. The normalized spacial score (nSPS) is 14.9. The molecule has 2 heterocycles. The molecule has 0 bridgehead atoms. The number of fused-ring (bicyclic) bond motifs is 1. The van der Waals surface area contributed by atoms with Gasteiger partial charge in [0.15, 0.2) is 5.82 Å². The summed E-state index contributed by atoms with van der Waals surface area (Å²) in [4.78, 5) is 22.0. The lowest BCUT2D eigenvalue weighted by atomic mass is 10.0. The van der Waals surface area contributed by atoms with Crippen LogP contribution in [0.3, 0.4) is 0 Å². The number of aliphatic imine (C=N–C) groups is 2. The first kappa shape index (κ1) is 19.5. The third kappa shape index (κ3) is 4.01. The second-order valence-electron chi connectivity index (χ2n) is 6.70. The summed E-state index contributed by atoms with van der Waals surface area (Å²) in [5, 5.41) is 7.60. The zero-order valence-corrected chi connectivity index (χ0v) is 16.4. The molecule has 0 fully saturated rings. The van der Waals surface area contributed by atoms with E-state index in [1.807, 2.05) is 31.2 Å². The molecule has 1 aromatic carbocycles. The summed E-state index contributed by atoms with van der Waals surface area (Å²) in [6.45, 7) is 6.94. The molecule has 8 nitrogen and oxygen atoms in total. The van der Waals surface area contributed by atoms with Crippen LogP contribution in [0.25, 0.3) is 0 Å². The fraction of sp³-hybridized carbons (Fsp3) is 0.300. The molecule has 146 valence electrons. The SMILES string of the molecule is C=N/C(=C\C(=N/C)c1ccc(CN)c(C)c1)Nc1cc2n(n1)CC(=O)N(C)C2. The van der Waals surface area contributed by atoms with Gasteiger partial charge in [-0.05, 0) is 30.8 Å². The van der Waals surface area contributed by atoms with Crippen LogP contribution < -0.4 is 11.1 Å². The Morgan fingerprint density at radius 1 is 1.39 bits per heavy atom. The number of nitrogens with two attached hydrogens (primary N) is 1. The quantitative estimate of drug-likeness (QED) is 0.746. The molecule has 1 aliphatic rings. The maximum absolute atomic E-state index is 11.8. The van der Waals surface area contributed by atoms with Crippen molar-refractivity contribution >= 4 is 24.2 Å². The molecule has 3 N–H and O–H groups in total. The molecule has 0 radical (unpaired) electrons. The topological polar surface area (TPSA) is 101 Å². The van der Waals surface area contributed by atoms with Crippen LogP contribution in [0.1, 0.15) is 22.4 Å². The van der Waals surface area contributed by atoms with Crippen molar-refractivity contribution in [2.75, 3.05) is 19.4 Å². The van der Waals surface area contributed by atoms with E-state index in [4.69, 9.17) is 5.73 Å². The summed E-state index contributed by atoms with van der Waals surface area (Å²) in [5.74, 6) is 1.18. The Labute approximate surface area is 164 Å². The van der Waals surface area contributed by atoms with Crippen molar-refractivity contribution in [3.63, 3.8) is 0 Å². The second-order valence-corrected chi connectivity index (χ2v) is 6.70. The molecular formula is C20H25N7O. The lowest BCUT2D eigenvalue weighted by molar-refractivity contribution is -0.132. The van der Waals surface area contributed by atoms with Gasteiger partial charge < -0.3 is 16.0 Å². The van der Waals surface area contributed by atoms with Crippen LogP contribution in [-0.2, 0) is 24.4 Å². The molecule has 8 heteroatoms. The van der Waals surface area contributed by atoms with Crippen molar-refractivity contribution in [2.24, 2.45) is 15.7 Å². The van der Waals surface area contributed by atoms with Gasteiger partial charge in [0, 0.05) is 38.3 Å². The highest BCUT2D eigenvalue weighted by atomic mass is 16.2. The van der Waals surface area contributed by atoms with Gasteiger partial charge in [0.05, 0.1) is 18.0 Å². The molecule has 0 spiro atoms. The molecule has 0 unspecified atom stereocenters. The molecule has 3 rings (SSSR count). The van der Waals surface area contributed by atoms with Gasteiger partial charge in [-0.1, -0.05) is 12.1 Å². The van der Waals surface area contributed by atoms with E-state index in [-0.39, 0.29) is 12.5 Å². The Balaban J connectivity index is 1.83. The monoisotopic (exact) mass is 379 g/mol. The smallest absolute Gasteiger partial charge is 0.244 e. The summed E-state index contributed by atoms with van der Waals surface area (Å²) in [7, 11) is 3.51. The Hall–Kier alpha value is -3.26. The van der Waals surface area contributed by atoms with E-state index in [0.717, 1.165) is 28.1 Å². The first-order valence-electron chi connectivity index (χ1n) is 8.98. The van der Waals surface area contributed by atoms with Crippen LogP contribution >= 0.6 is 0 Å². The first-order chi connectivity index (χ1) is 13.4. The van der Waals surface area contributed by atoms with Crippen LogP contribution in [0.2, 0.25) is 0 Å². The predicted molar refractivity (Wildman–Crippen MR) is 111 cm³/mol. The Bertz CT molecular complexity index is 971. The van der Waals surface area contributed by atoms with E-state index >= 15 is 0 Å². The number of nitrogens with one attached hydrogen (secondary N) is 1. The minimum Gasteiger partial charge on any atom is -0.338 e. The lowest BCUT2D eigenvalue weighted by Gasteiger charge is -2.22. The number of carbonyl (C=O) groups is 1. The van der Waals surface area contributed by atoms with Crippen LogP contribution in [0.5, 0.6) is 0 Å². The molecule has 0 saturated heterocycles. The number of benzene rings is 1. The Morgan fingerprint density at radius 3 is 2.82 bits per heavy atom. The van der Waals surface area contributed by atoms with Crippen molar-refractivity contribution in [2.45, 2.75) is 26.6 Å². The number of amides is 1. The third-order valence-corrected chi connectivity index (χ3v) is 4.77. The molecule has 2 aromatic rings. The maximum atomic E-state index is 11.8. The van der Waals surface area contributed by atoms with Crippen molar-refractivity contribution in [1.29, 1.82) is 0 Å². The van der Waals surface area contributed by atoms with Crippen molar-refractivity contribution < 1.29 is 4.79 Å². The zero-order chi connectivity index (χ0) is 20.3. The number of allylic oxidation sites excluding steroid dienone is 1. The molecule has 1 aromatic heterocycles. The van der Waals surface area contributed by atoms with Crippen LogP contribution in [0.15, 0.2) is 46.1 Å². The first-order valence-corrected chi connectivity index (χ1v) is 8.98. The summed E-state index contributed by atoms with van der Waals surface area (Å²) in [5.41, 5.74) is 10.7. The van der Waals surface area contributed by atoms with Gasteiger partial charge in [-0.2, -0.15) is 5.10 Å². The molecule has 28 heavy (non-hydrogen) atoms. The van der Waals surface area contributed by atoms with Crippen LogP contribution in [0, 0.1) is 6.92 Å². The average molecular weight is 379 g/mol. The highest BCUT2D eigenvalue weighted by molar-refractivity contribution is 6.09. The van der Waals surface area contributed by atoms with Gasteiger partial charge in [0.25, 0.3) is 0 Å². The molecule has 1 aliphatic heterocycles. The Kier molecular flexibility index (Phi) is 5.70. The molecular weight excluding hydrogens is 354 g/mol. The number of anilines is 1. The highest BCUT2D eigenvalue weighted by Crippen LogP contribution is 2.18. The van der Waals surface area contributed by atoms with Crippen molar-refractivity contribution in [3.05, 3.63) is 58.5 Å². The summed E-state index contributed by atoms with van der Waals surface area (Å²) in [6.07, 6.45) is 1.82. The number of carbonyl (C=O) groups excluding carboxylic acids is 1. The van der Waals surface area contributed by atoms with Gasteiger partial charge in [0.2, 0.25) is 5.91 Å². The van der Waals surface area contributed by atoms with E-state index in [2.05, 4.69) is 33.2 Å². The van der Waals surface area contributed by atoms with E-state index in [0.29, 0.717) is 24.7 Å². The Morgan fingerprint density at radius 2 is 2.18 bits per heavy atom. The summed E-state index contributed by atoms with van der Waals surface area (Å²) in [6, 6.07) is 7.96. The van der Waals surface area contributed by atoms with Gasteiger partial charge >= 0.3 is 0 Å². The number of aryl methyl sites for hydroxylation is 1. The fourth-order valence-corrected chi connectivity index (χ4v) is 3.10. The predicted octanol–water partition coefficient (Wildman–Crippen LogP) is 1.70. The number of nitrogens with zero attached hydrogens (tertiary/aromatic N) is 5. The van der Waals surface area contributed by atoms with Gasteiger partial charge in [-0.15, -0.1) is 0 Å². The lowest BCUT2D eigenvalue weighted by Crippen LogP contribution is -2.36. The van der Waals surface area contributed by atoms with E-state index in [1.165, 1.54) is 0 Å². The van der Waals surface area contributed by atoms with E-state index < -0.39 is 0 Å². The van der Waals surface area contributed by atoms with Crippen LogP contribution in [0.4, 0.5) is 5.82 Å².